The van der Waals surface area contributed by atoms with E-state index in [1.165, 1.54) is 15.6 Å². The molecule has 1 unspecified atom stereocenters. The van der Waals surface area contributed by atoms with E-state index in [9.17, 15) is 17.2 Å². The van der Waals surface area contributed by atoms with Crippen molar-refractivity contribution < 1.29 is 21.6 Å². The van der Waals surface area contributed by atoms with E-state index in [1.807, 2.05) is 17.5 Å². The van der Waals surface area contributed by atoms with Gasteiger partial charge in [-0.2, -0.15) is 4.31 Å². The number of halogens is 2. The maximum Gasteiger partial charge on any atom is 0.257 e. The lowest BCUT2D eigenvalue weighted by Crippen LogP contribution is -2.39. The van der Waals surface area contributed by atoms with Crippen LogP contribution in [0.3, 0.4) is 0 Å². The molecule has 2 aromatic heterocycles. The van der Waals surface area contributed by atoms with Gasteiger partial charge in [0, 0.05) is 13.1 Å². The van der Waals surface area contributed by atoms with Crippen LogP contribution in [0.5, 0.6) is 0 Å². The van der Waals surface area contributed by atoms with E-state index in [-0.39, 0.29) is 17.4 Å². The molecule has 0 N–H and O–H groups in total. The fraction of sp³-hybridized carbons (Fsp3) is 0.294. The molecule has 10 heteroatoms. The Morgan fingerprint density at radius 1 is 1.19 bits per heavy atom. The Kier molecular flexibility index (Phi) is 4.79. The minimum atomic E-state index is -3.94. The van der Waals surface area contributed by atoms with Gasteiger partial charge in [0.05, 0.1) is 15.7 Å². The Morgan fingerprint density at radius 3 is 2.78 bits per heavy atom. The van der Waals surface area contributed by atoms with Crippen molar-refractivity contribution in [3.8, 4) is 10.8 Å². The van der Waals surface area contributed by atoms with Crippen molar-refractivity contribution in [2.75, 3.05) is 13.1 Å². The molecule has 4 rings (SSSR count). The first-order valence-electron chi connectivity index (χ1n) is 8.27. The second-order valence-electron chi connectivity index (χ2n) is 6.20. The van der Waals surface area contributed by atoms with E-state index < -0.39 is 21.7 Å². The third-order valence-corrected chi connectivity index (χ3v) is 7.15. The molecule has 1 saturated heterocycles. The highest BCUT2D eigenvalue weighted by Crippen LogP contribution is 2.32. The topological polar surface area (TPSA) is 76.3 Å². The van der Waals surface area contributed by atoms with E-state index in [1.54, 1.807) is 0 Å². The molecular weight excluding hydrogens is 396 g/mol. The number of aromatic nitrogens is 2. The van der Waals surface area contributed by atoms with Gasteiger partial charge in [0.2, 0.25) is 15.9 Å². The lowest BCUT2D eigenvalue weighted by molar-refractivity contribution is 0.286. The number of thiophene rings is 1. The molecule has 0 saturated carbocycles. The Bertz CT molecular complexity index is 1050. The summed E-state index contributed by atoms with van der Waals surface area (Å²) >= 11 is 1.47. The van der Waals surface area contributed by atoms with Crippen LogP contribution in [0, 0.1) is 11.6 Å². The average molecular weight is 411 g/mol. The molecule has 0 amide bonds. The zero-order valence-corrected chi connectivity index (χ0v) is 15.6. The Morgan fingerprint density at radius 2 is 2.04 bits per heavy atom. The molecule has 142 valence electrons. The van der Waals surface area contributed by atoms with Crippen molar-refractivity contribution in [1.29, 1.82) is 0 Å². The van der Waals surface area contributed by atoms with Crippen LogP contribution in [0.2, 0.25) is 0 Å². The highest BCUT2D eigenvalue weighted by Gasteiger charge is 2.33. The SMILES string of the molecule is O=S(=O)(c1ccc(F)c(F)c1)N1CCCC(c2nnc(-c3cccs3)o2)C1. The summed E-state index contributed by atoms with van der Waals surface area (Å²) in [6.07, 6.45) is 1.31. The lowest BCUT2D eigenvalue weighted by atomic mass is 10.00. The van der Waals surface area contributed by atoms with Crippen LogP contribution in [-0.2, 0) is 10.0 Å². The first-order valence-corrected chi connectivity index (χ1v) is 10.6. The number of hydrogen-bond donors (Lipinski definition) is 0. The predicted octanol–water partition coefficient (Wildman–Crippen LogP) is 3.64. The molecule has 1 aliphatic rings. The third-order valence-electron chi connectivity index (χ3n) is 4.43. The quantitative estimate of drug-likeness (QED) is 0.655. The van der Waals surface area contributed by atoms with Crippen LogP contribution >= 0.6 is 11.3 Å². The monoisotopic (exact) mass is 411 g/mol. The number of sulfonamides is 1. The van der Waals surface area contributed by atoms with Crippen molar-refractivity contribution in [3.05, 3.63) is 53.2 Å². The summed E-state index contributed by atoms with van der Waals surface area (Å²) in [7, 11) is -3.94. The molecule has 1 aliphatic heterocycles. The average Bonchev–Trinajstić information content (AvgIpc) is 3.35. The van der Waals surface area contributed by atoms with Crippen LogP contribution in [0.15, 0.2) is 45.0 Å². The van der Waals surface area contributed by atoms with E-state index in [0.29, 0.717) is 37.2 Å². The van der Waals surface area contributed by atoms with Gasteiger partial charge in [0.15, 0.2) is 11.6 Å². The summed E-state index contributed by atoms with van der Waals surface area (Å²) < 4.78 is 59.1. The molecule has 3 heterocycles. The van der Waals surface area contributed by atoms with Crippen LogP contribution in [0.25, 0.3) is 10.8 Å². The first kappa shape index (κ1) is 18.2. The van der Waals surface area contributed by atoms with Gasteiger partial charge in [-0.15, -0.1) is 21.5 Å². The predicted molar refractivity (Wildman–Crippen MR) is 94.7 cm³/mol. The normalized spacial score (nSPS) is 18.7. The third kappa shape index (κ3) is 3.52. The van der Waals surface area contributed by atoms with Crippen molar-refractivity contribution in [1.82, 2.24) is 14.5 Å². The minimum absolute atomic E-state index is 0.146. The summed E-state index contributed by atoms with van der Waals surface area (Å²) in [5.41, 5.74) is 0. The standard InChI is InChI=1S/C17H15F2N3O3S2/c18-13-6-5-12(9-14(13)19)27(23,24)22-7-1-3-11(10-22)16-20-21-17(25-16)15-4-2-8-26-15/h2,4-6,8-9,11H,1,3,7,10H2. The Hall–Kier alpha value is -2.17. The summed E-state index contributed by atoms with van der Waals surface area (Å²) in [6, 6.07) is 6.33. The van der Waals surface area contributed by atoms with E-state index in [4.69, 9.17) is 4.42 Å². The first-order chi connectivity index (χ1) is 12.9. The fourth-order valence-electron chi connectivity index (χ4n) is 3.05. The zero-order chi connectivity index (χ0) is 19.0. The van der Waals surface area contributed by atoms with Gasteiger partial charge in [-0.05, 0) is 42.5 Å². The maximum atomic E-state index is 13.5. The highest BCUT2D eigenvalue weighted by atomic mass is 32.2. The molecule has 6 nitrogen and oxygen atoms in total. The van der Waals surface area contributed by atoms with Crippen LogP contribution in [-0.4, -0.2) is 36.0 Å². The second kappa shape index (κ2) is 7.10. The van der Waals surface area contributed by atoms with E-state index in [2.05, 4.69) is 10.2 Å². The summed E-state index contributed by atoms with van der Waals surface area (Å²) in [4.78, 5) is 0.572. The van der Waals surface area contributed by atoms with Crippen LogP contribution in [0.1, 0.15) is 24.7 Å². The van der Waals surface area contributed by atoms with Crippen LogP contribution < -0.4 is 0 Å². The lowest BCUT2D eigenvalue weighted by Gasteiger charge is -2.30. The largest absolute Gasteiger partial charge is 0.420 e. The van der Waals surface area contributed by atoms with Gasteiger partial charge in [0.25, 0.3) is 5.89 Å². The summed E-state index contributed by atoms with van der Waals surface area (Å²) in [6.45, 7) is 0.442. The smallest absolute Gasteiger partial charge is 0.257 e. The Balaban J connectivity index is 1.56. The second-order valence-corrected chi connectivity index (χ2v) is 9.09. The number of benzene rings is 1. The fourth-order valence-corrected chi connectivity index (χ4v) is 5.23. The van der Waals surface area contributed by atoms with Crippen molar-refractivity contribution >= 4 is 21.4 Å². The number of nitrogens with zero attached hydrogens (tertiary/aromatic N) is 3. The van der Waals surface area contributed by atoms with Gasteiger partial charge in [0.1, 0.15) is 0 Å². The minimum Gasteiger partial charge on any atom is -0.420 e. The number of piperidine rings is 1. The molecule has 0 aliphatic carbocycles. The number of rotatable bonds is 4. The van der Waals surface area contributed by atoms with Gasteiger partial charge in [-0.1, -0.05) is 6.07 Å². The molecule has 0 radical (unpaired) electrons. The van der Waals surface area contributed by atoms with Gasteiger partial charge >= 0.3 is 0 Å². The highest BCUT2D eigenvalue weighted by molar-refractivity contribution is 7.89. The summed E-state index contributed by atoms with van der Waals surface area (Å²) in [5.74, 6) is -1.75. The van der Waals surface area contributed by atoms with Crippen molar-refractivity contribution in [3.63, 3.8) is 0 Å². The van der Waals surface area contributed by atoms with E-state index >= 15 is 0 Å². The molecule has 0 spiro atoms. The summed E-state index contributed by atoms with van der Waals surface area (Å²) in [5, 5.41) is 10.0. The molecular formula is C17H15F2N3O3S2. The number of hydrogen-bond acceptors (Lipinski definition) is 6. The van der Waals surface area contributed by atoms with Gasteiger partial charge in [-0.3, -0.25) is 0 Å². The van der Waals surface area contributed by atoms with Gasteiger partial charge < -0.3 is 4.42 Å². The van der Waals surface area contributed by atoms with Crippen LogP contribution in [0.4, 0.5) is 8.78 Å². The van der Waals surface area contributed by atoms with E-state index in [0.717, 1.165) is 17.0 Å². The van der Waals surface area contributed by atoms with Gasteiger partial charge in [-0.25, -0.2) is 17.2 Å². The molecule has 1 aromatic carbocycles. The molecule has 27 heavy (non-hydrogen) atoms. The van der Waals surface area contributed by atoms with Crippen molar-refractivity contribution in [2.24, 2.45) is 0 Å². The molecule has 0 bridgehead atoms. The van der Waals surface area contributed by atoms with Crippen molar-refractivity contribution in [2.45, 2.75) is 23.7 Å². The molecule has 1 atom stereocenters. The Labute approximate surface area is 158 Å². The maximum absolute atomic E-state index is 13.5. The zero-order valence-electron chi connectivity index (χ0n) is 14.0. The molecule has 1 fully saturated rings. The molecule has 3 aromatic rings.